The lowest BCUT2D eigenvalue weighted by Crippen LogP contribution is -2.56. The van der Waals surface area contributed by atoms with Crippen molar-refractivity contribution >= 4 is 18.6 Å². The number of benzene rings is 1. The van der Waals surface area contributed by atoms with Gasteiger partial charge in [-0.1, -0.05) is 6.08 Å². The lowest BCUT2D eigenvalue weighted by Gasteiger charge is -2.52. The van der Waals surface area contributed by atoms with Crippen LogP contribution in [0.3, 0.4) is 0 Å². The Bertz CT molecular complexity index is 990. The third-order valence-corrected chi connectivity index (χ3v) is 8.54. The normalized spacial score (nSPS) is 26.2. The van der Waals surface area contributed by atoms with Crippen molar-refractivity contribution in [2.24, 2.45) is 11.8 Å². The van der Waals surface area contributed by atoms with E-state index in [0.29, 0.717) is 25.0 Å². The van der Waals surface area contributed by atoms with Crippen LogP contribution in [0.1, 0.15) is 38.3 Å². The summed E-state index contributed by atoms with van der Waals surface area (Å²) in [5, 5.41) is 4.32. The van der Waals surface area contributed by atoms with Crippen LogP contribution in [-0.2, 0) is 13.6 Å². The van der Waals surface area contributed by atoms with Crippen LogP contribution in [0.15, 0.2) is 43.1 Å². The van der Waals surface area contributed by atoms with Crippen molar-refractivity contribution in [1.82, 2.24) is 15.0 Å². The molecule has 0 radical (unpaired) electrons. The van der Waals surface area contributed by atoms with Crippen LogP contribution in [0.25, 0.3) is 10.9 Å². The minimum atomic E-state index is -3.50. The number of aromatic nitrogens is 1. The van der Waals surface area contributed by atoms with Gasteiger partial charge in [-0.15, -0.1) is 6.58 Å². The quantitative estimate of drug-likeness (QED) is 0.398. The summed E-state index contributed by atoms with van der Waals surface area (Å²) in [6, 6.07) is 7.80. The van der Waals surface area contributed by atoms with E-state index in [1.807, 2.05) is 44.3 Å². The number of hydrogen-bond acceptors (Lipinski definition) is 6. The molecule has 2 aromatic rings. The van der Waals surface area contributed by atoms with Gasteiger partial charge in [0.05, 0.1) is 31.9 Å². The van der Waals surface area contributed by atoms with E-state index in [1.165, 1.54) is 6.42 Å². The topological polar surface area (TPSA) is 72.9 Å². The highest BCUT2D eigenvalue weighted by molar-refractivity contribution is 7.51. The number of nitrogens with zero attached hydrogens (tertiary/aromatic N) is 2. The van der Waals surface area contributed by atoms with Gasteiger partial charge in [0.25, 0.3) is 0 Å². The van der Waals surface area contributed by atoms with E-state index in [4.69, 9.17) is 13.8 Å². The molecule has 0 aliphatic carbocycles. The van der Waals surface area contributed by atoms with Gasteiger partial charge in [-0.05, 0) is 74.9 Å². The van der Waals surface area contributed by atoms with Crippen LogP contribution in [-0.4, -0.2) is 49.3 Å². The molecule has 4 heterocycles. The lowest BCUT2D eigenvalue weighted by atomic mass is 9.73. The van der Waals surface area contributed by atoms with E-state index < -0.39 is 7.75 Å². The van der Waals surface area contributed by atoms with Gasteiger partial charge in [0, 0.05) is 24.2 Å². The highest BCUT2D eigenvalue weighted by Gasteiger charge is 2.45. The maximum Gasteiger partial charge on any atom is 0.406 e. The Balaban J connectivity index is 1.79. The molecule has 3 aliphatic rings. The number of fused-ring (bicyclic) bond motifs is 4. The molecular formula is C24H34N3O4P. The average molecular weight is 460 g/mol. The number of methoxy groups -OCH3 is 1. The Morgan fingerprint density at radius 2 is 2.09 bits per heavy atom. The van der Waals surface area contributed by atoms with Gasteiger partial charge in [0.15, 0.2) is 0 Å². The Morgan fingerprint density at radius 3 is 2.72 bits per heavy atom. The zero-order valence-corrected chi connectivity index (χ0v) is 20.1. The third kappa shape index (κ3) is 4.63. The van der Waals surface area contributed by atoms with Crippen molar-refractivity contribution in [2.75, 3.05) is 33.4 Å². The molecule has 8 heteroatoms. The first kappa shape index (κ1) is 23.4. The van der Waals surface area contributed by atoms with Gasteiger partial charge in [-0.25, -0.2) is 9.65 Å². The summed E-state index contributed by atoms with van der Waals surface area (Å²) in [5.41, 5.74) is 1.90. The predicted octanol–water partition coefficient (Wildman–Crippen LogP) is 4.95. The lowest BCUT2D eigenvalue weighted by molar-refractivity contribution is 0.00315. The van der Waals surface area contributed by atoms with Crippen LogP contribution in [0.2, 0.25) is 0 Å². The molecule has 2 bridgehead atoms. The van der Waals surface area contributed by atoms with Crippen molar-refractivity contribution in [2.45, 2.75) is 38.8 Å². The summed E-state index contributed by atoms with van der Waals surface area (Å²) in [7, 11) is -1.84. The summed E-state index contributed by atoms with van der Waals surface area (Å²) in [6.07, 6.45) is 6.07. The predicted molar refractivity (Wildman–Crippen MR) is 127 cm³/mol. The fourth-order valence-corrected chi connectivity index (χ4v) is 6.81. The van der Waals surface area contributed by atoms with Gasteiger partial charge in [-0.3, -0.25) is 18.9 Å². The smallest absolute Gasteiger partial charge is 0.406 e. The Morgan fingerprint density at radius 1 is 1.31 bits per heavy atom. The molecule has 174 valence electrons. The van der Waals surface area contributed by atoms with Crippen molar-refractivity contribution in [1.29, 1.82) is 0 Å². The minimum Gasteiger partial charge on any atom is -0.497 e. The summed E-state index contributed by atoms with van der Waals surface area (Å²) in [4.78, 5) is 7.04. The second kappa shape index (κ2) is 10.0. The fraction of sp³-hybridized carbons (Fsp3) is 0.542. The molecule has 3 saturated heterocycles. The molecule has 5 rings (SSSR count). The summed E-state index contributed by atoms with van der Waals surface area (Å²) in [5.74, 6) is 1.84. The second-order valence-corrected chi connectivity index (χ2v) is 10.2. The van der Waals surface area contributed by atoms with E-state index in [1.54, 1.807) is 7.11 Å². The van der Waals surface area contributed by atoms with E-state index in [9.17, 15) is 4.57 Å². The van der Waals surface area contributed by atoms with Crippen LogP contribution in [0, 0.1) is 11.8 Å². The van der Waals surface area contributed by atoms with Gasteiger partial charge >= 0.3 is 7.75 Å². The number of hydrogen-bond donors (Lipinski definition) is 1. The second-order valence-electron chi connectivity index (χ2n) is 8.47. The van der Waals surface area contributed by atoms with E-state index in [0.717, 1.165) is 41.7 Å². The Labute approximate surface area is 190 Å². The highest BCUT2D eigenvalue weighted by atomic mass is 31.2. The van der Waals surface area contributed by atoms with E-state index in [-0.39, 0.29) is 12.1 Å². The first-order chi connectivity index (χ1) is 15.5. The first-order valence-corrected chi connectivity index (χ1v) is 13.0. The molecular weight excluding hydrogens is 425 g/mol. The van der Waals surface area contributed by atoms with Crippen molar-refractivity contribution in [3.8, 4) is 5.75 Å². The van der Waals surface area contributed by atoms with Crippen molar-refractivity contribution in [3.05, 3.63) is 48.7 Å². The number of pyridine rings is 1. The third-order valence-electron chi connectivity index (χ3n) is 6.75. The number of ether oxygens (including phenoxy) is 1. The molecule has 1 aromatic carbocycles. The van der Waals surface area contributed by atoms with Gasteiger partial charge < -0.3 is 4.74 Å². The first-order valence-electron chi connectivity index (χ1n) is 11.5. The van der Waals surface area contributed by atoms with Crippen LogP contribution < -0.4 is 9.82 Å². The number of piperidine rings is 3. The van der Waals surface area contributed by atoms with Gasteiger partial charge in [-0.2, -0.15) is 0 Å². The zero-order valence-electron chi connectivity index (χ0n) is 19.2. The zero-order chi connectivity index (χ0) is 22.7. The molecule has 3 aliphatic heterocycles. The molecule has 5 atom stereocenters. The van der Waals surface area contributed by atoms with Crippen molar-refractivity contribution in [3.63, 3.8) is 0 Å². The van der Waals surface area contributed by atoms with Crippen LogP contribution in [0.5, 0.6) is 5.75 Å². The molecule has 0 amide bonds. The molecule has 5 unspecified atom stereocenters. The average Bonchev–Trinajstić information content (AvgIpc) is 2.82. The summed E-state index contributed by atoms with van der Waals surface area (Å²) < 4.78 is 30.4. The molecule has 1 aromatic heterocycles. The van der Waals surface area contributed by atoms with Gasteiger partial charge in [0.1, 0.15) is 5.75 Å². The fourth-order valence-electron chi connectivity index (χ4n) is 5.25. The minimum absolute atomic E-state index is 0.163. The van der Waals surface area contributed by atoms with Gasteiger partial charge in [0.2, 0.25) is 0 Å². The molecule has 7 nitrogen and oxygen atoms in total. The van der Waals surface area contributed by atoms with Crippen molar-refractivity contribution < 1.29 is 18.3 Å². The highest BCUT2D eigenvalue weighted by Crippen LogP contribution is 2.50. The monoisotopic (exact) mass is 459 g/mol. The number of nitrogens with one attached hydrogen (secondary N) is 1. The maximum atomic E-state index is 13.6. The van der Waals surface area contributed by atoms with Crippen LogP contribution in [0.4, 0.5) is 0 Å². The maximum absolute atomic E-state index is 13.6. The molecule has 3 fully saturated rings. The van der Waals surface area contributed by atoms with E-state index >= 15 is 0 Å². The number of rotatable bonds is 10. The summed E-state index contributed by atoms with van der Waals surface area (Å²) in [6.45, 7) is 10.3. The molecule has 0 spiro atoms. The Kier molecular flexibility index (Phi) is 7.33. The summed E-state index contributed by atoms with van der Waals surface area (Å²) >= 11 is 0. The van der Waals surface area contributed by atoms with Crippen LogP contribution >= 0.6 is 7.75 Å². The molecule has 32 heavy (non-hydrogen) atoms. The SMILES string of the molecule is C=CC1CN2CCC1CC2C(NP(=O)(OCC)OCC)c1ccnc2ccc(OC)cc12. The standard InChI is InChI=1S/C24H34N3O4P/c1-5-17-16-27-13-11-18(17)14-23(27)24(26-32(28,30-6-2)31-7-3)20-10-12-25-22-9-8-19(29-4)15-21(20)22/h5,8-10,12,15,17-18,23-24H,1,6-7,11,13-14,16H2,2-4H3,(H,26,28). The molecule has 0 saturated carbocycles. The largest absolute Gasteiger partial charge is 0.497 e. The molecule has 1 N–H and O–H groups in total. The Hall–Kier alpha value is -1.76. The van der Waals surface area contributed by atoms with E-state index in [2.05, 4.69) is 27.6 Å².